The minimum Gasteiger partial charge on any atom is -0.403 e. The Morgan fingerprint density at radius 1 is 1.26 bits per heavy atom. The molecule has 39 heavy (non-hydrogen) atoms. The van der Waals surface area contributed by atoms with Gasteiger partial charge >= 0.3 is 6.03 Å². The van der Waals surface area contributed by atoms with Crippen LogP contribution >= 0.6 is 11.8 Å². The second-order valence-electron chi connectivity index (χ2n) is 10.3. The van der Waals surface area contributed by atoms with Crippen molar-refractivity contribution in [3.05, 3.63) is 47.9 Å². The maximum Gasteiger partial charge on any atom is 0.323 e. The number of morpholine rings is 1. The van der Waals surface area contributed by atoms with Crippen LogP contribution in [0.4, 0.5) is 16.3 Å². The van der Waals surface area contributed by atoms with Gasteiger partial charge in [-0.05, 0) is 70.0 Å². The van der Waals surface area contributed by atoms with E-state index in [4.69, 9.17) is 20.4 Å². The Labute approximate surface area is 234 Å². The van der Waals surface area contributed by atoms with Crippen LogP contribution in [0.5, 0.6) is 0 Å². The van der Waals surface area contributed by atoms with E-state index in [1.165, 1.54) is 25.3 Å². The number of aromatic nitrogens is 2. The predicted molar refractivity (Wildman–Crippen MR) is 158 cm³/mol. The average Bonchev–Trinajstić information content (AvgIpc) is 3.77. The molecular weight excluding hydrogens is 512 g/mol. The molecule has 2 aromatic rings. The predicted octanol–water partition coefficient (Wildman–Crippen LogP) is 3.47. The minimum absolute atomic E-state index is 0.00994. The summed E-state index contributed by atoms with van der Waals surface area (Å²) in [5.74, 6) is 1.67. The highest BCUT2D eigenvalue weighted by Gasteiger charge is 2.42. The Morgan fingerprint density at radius 3 is 2.69 bits per heavy atom. The number of carbonyl (C=O) groups is 1. The Morgan fingerprint density at radius 2 is 2.03 bits per heavy atom. The highest BCUT2D eigenvalue weighted by Crippen LogP contribution is 2.52. The molecule has 5 rings (SSSR count). The minimum atomic E-state index is -0.397. The first-order valence-electron chi connectivity index (χ1n) is 13.6. The summed E-state index contributed by atoms with van der Waals surface area (Å²) >= 11 is 2.12. The molecule has 3 heterocycles. The maximum absolute atomic E-state index is 12.4. The van der Waals surface area contributed by atoms with Crippen molar-refractivity contribution in [3.63, 3.8) is 0 Å². The number of rotatable bonds is 8. The number of carbonyl (C=O) groups excluding carboxylic acids is 1. The van der Waals surface area contributed by atoms with E-state index in [0.717, 1.165) is 54.8 Å². The van der Waals surface area contributed by atoms with Gasteiger partial charge in [-0.25, -0.2) is 14.8 Å². The van der Waals surface area contributed by atoms with Crippen molar-refractivity contribution in [2.24, 2.45) is 10.7 Å². The van der Waals surface area contributed by atoms with Crippen molar-refractivity contribution in [2.75, 3.05) is 50.1 Å². The van der Waals surface area contributed by atoms with E-state index in [2.05, 4.69) is 50.6 Å². The number of piperidine rings is 1. The summed E-state index contributed by atoms with van der Waals surface area (Å²) in [5, 5.41) is 9.76. The number of urea groups is 1. The van der Waals surface area contributed by atoms with E-state index in [1.807, 2.05) is 24.3 Å². The van der Waals surface area contributed by atoms with Crippen molar-refractivity contribution in [3.8, 4) is 11.4 Å². The molecule has 5 N–H and O–H groups in total. The summed E-state index contributed by atoms with van der Waals surface area (Å²) in [5.41, 5.74) is 8.64. The van der Waals surface area contributed by atoms with E-state index in [9.17, 15) is 4.79 Å². The molecular formula is C28H38N8O2S. The van der Waals surface area contributed by atoms with Gasteiger partial charge in [0.25, 0.3) is 0 Å². The van der Waals surface area contributed by atoms with Gasteiger partial charge in [0.05, 0.1) is 35.4 Å². The molecule has 0 spiro atoms. The largest absolute Gasteiger partial charge is 0.403 e. The molecule has 3 fully saturated rings. The fourth-order valence-corrected chi connectivity index (χ4v) is 6.71. The number of hydrogen-bond donors (Lipinski definition) is 4. The second kappa shape index (κ2) is 12.4. The molecule has 0 bridgehead atoms. The van der Waals surface area contributed by atoms with Gasteiger partial charge in [-0.2, -0.15) is 0 Å². The van der Waals surface area contributed by atoms with Crippen molar-refractivity contribution in [1.29, 1.82) is 0 Å². The number of allylic oxidation sites excluding steroid dienone is 1. The van der Waals surface area contributed by atoms with Crippen LogP contribution in [0.2, 0.25) is 0 Å². The molecule has 2 saturated heterocycles. The Balaban J connectivity index is 1.44. The molecule has 1 saturated carbocycles. The maximum atomic E-state index is 12.4. The Bertz CT molecular complexity index is 1210. The Hall–Kier alpha value is -3.15. The lowest BCUT2D eigenvalue weighted by molar-refractivity contribution is 0.0985. The van der Waals surface area contributed by atoms with Crippen LogP contribution in [0.15, 0.2) is 47.2 Å². The van der Waals surface area contributed by atoms with Crippen molar-refractivity contribution < 1.29 is 9.53 Å². The average molecular weight is 551 g/mol. The van der Waals surface area contributed by atoms with Gasteiger partial charge in [0.2, 0.25) is 0 Å². The van der Waals surface area contributed by atoms with Crippen LogP contribution in [0.25, 0.3) is 11.4 Å². The molecule has 1 aromatic carbocycles. The first-order valence-corrected chi connectivity index (χ1v) is 14.5. The smallest absolute Gasteiger partial charge is 0.323 e. The van der Waals surface area contributed by atoms with Crippen LogP contribution in [-0.4, -0.2) is 73.4 Å². The molecule has 10 nitrogen and oxygen atoms in total. The fraction of sp³-hybridized carbons (Fsp3) is 0.500. The summed E-state index contributed by atoms with van der Waals surface area (Å²) < 4.78 is 5.70. The van der Waals surface area contributed by atoms with Crippen LogP contribution in [0, 0.1) is 0 Å². The van der Waals surface area contributed by atoms with Gasteiger partial charge in [0.15, 0.2) is 5.82 Å². The highest BCUT2D eigenvalue weighted by molar-refractivity contribution is 8.01. The summed E-state index contributed by atoms with van der Waals surface area (Å²) in [6, 6.07) is 9.71. The molecule has 1 atom stereocenters. The van der Waals surface area contributed by atoms with Crippen LogP contribution in [0.1, 0.15) is 38.3 Å². The normalized spacial score (nSPS) is 21.6. The number of ether oxygens (including phenoxy) is 1. The number of benzene rings is 1. The van der Waals surface area contributed by atoms with Crippen LogP contribution in [-0.2, 0) is 9.48 Å². The van der Waals surface area contributed by atoms with Gasteiger partial charge in [-0.3, -0.25) is 4.99 Å². The Kier molecular flexibility index (Phi) is 8.69. The summed E-state index contributed by atoms with van der Waals surface area (Å²) in [4.78, 5) is 28.9. The number of nitrogens with one attached hydrogen (secondary N) is 3. The number of hydrogen-bond acceptors (Lipinski definition) is 9. The van der Waals surface area contributed by atoms with E-state index >= 15 is 0 Å². The van der Waals surface area contributed by atoms with E-state index in [-0.39, 0.29) is 10.8 Å². The third kappa shape index (κ3) is 6.71. The molecule has 3 aliphatic rings. The van der Waals surface area contributed by atoms with Crippen molar-refractivity contribution >= 4 is 35.5 Å². The number of anilines is 2. The first-order chi connectivity index (χ1) is 19.0. The third-order valence-corrected chi connectivity index (χ3v) is 9.15. The molecule has 0 unspecified atom stereocenters. The van der Waals surface area contributed by atoms with E-state index < -0.39 is 6.03 Å². The quantitative estimate of drug-likeness (QED) is 0.368. The fourth-order valence-electron chi connectivity index (χ4n) is 5.03. The lowest BCUT2D eigenvalue weighted by Crippen LogP contribution is -2.44. The lowest BCUT2D eigenvalue weighted by Gasteiger charge is -2.39. The van der Waals surface area contributed by atoms with Crippen LogP contribution < -0.4 is 26.6 Å². The SMILES string of the molecule is CN=CC(=CN)NC(=O)Nc1ccc(-c2nc(N3CCOC[C@@H]3C)cc(C3(SC4CC4)CCNCC3)n2)cc1. The second-order valence-corrected chi connectivity index (χ2v) is 12.0. The number of thioether (sulfide) groups is 1. The van der Waals surface area contributed by atoms with E-state index in [1.54, 1.807) is 7.05 Å². The van der Waals surface area contributed by atoms with Crippen molar-refractivity contribution in [2.45, 2.75) is 48.6 Å². The summed E-state index contributed by atoms with van der Waals surface area (Å²) in [6.45, 7) is 6.36. The van der Waals surface area contributed by atoms with Gasteiger partial charge in [0, 0.05) is 48.6 Å². The van der Waals surface area contributed by atoms with Gasteiger partial charge in [-0.15, -0.1) is 11.8 Å². The zero-order valence-electron chi connectivity index (χ0n) is 22.7. The van der Waals surface area contributed by atoms with Gasteiger partial charge < -0.3 is 31.3 Å². The lowest BCUT2D eigenvalue weighted by atomic mass is 9.92. The zero-order chi connectivity index (χ0) is 27.2. The molecule has 1 aromatic heterocycles. The van der Waals surface area contributed by atoms with Crippen LogP contribution in [0.3, 0.4) is 0 Å². The number of nitrogens with two attached hydrogens (primary N) is 1. The molecule has 2 amide bonds. The monoisotopic (exact) mass is 550 g/mol. The summed E-state index contributed by atoms with van der Waals surface area (Å²) in [7, 11) is 1.61. The third-order valence-electron chi connectivity index (χ3n) is 7.28. The molecule has 1 aliphatic carbocycles. The molecule has 11 heteroatoms. The van der Waals surface area contributed by atoms with Crippen molar-refractivity contribution in [1.82, 2.24) is 20.6 Å². The highest BCUT2D eigenvalue weighted by atomic mass is 32.2. The number of nitrogens with zero attached hydrogens (tertiary/aromatic N) is 4. The first kappa shape index (κ1) is 27.4. The molecule has 2 aliphatic heterocycles. The number of aliphatic imine (C=N–C) groups is 1. The van der Waals surface area contributed by atoms with Gasteiger partial charge in [-0.1, -0.05) is 0 Å². The zero-order valence-corrected chi connectivity index (χ0v) is 23.5. The standard InChI is InChI=1S/C28H38N8O2S/c1-19-18-38-14-13-36(19)25-15-24(28(39-23-7-8-23)9-11-31-12-10-28)34-26(35-25)20-3-5-21(6-4-20)32-27(37)33-22(16-29)17-30-2/h3-6,15-17,19,23,31H,7-14,18,29H2,1-2H3,(H2,32,33,37)/t19-/m0/s1. The topological polar surface area (TPSA) is 130 Å². The van der Waals surface area contributed by atoms with E-state index in [0.29, 0.717) is 30.4 Å². The molecule has 0 radical (unpaired) electrons. The summed E-state index contributed by atoms with van der Waals surface area (Å²) in [6.07, 6.45) is 7.48. The number of amides is 2. The van der Waals surface area contributed by atoms with Gasteiger partial charge in [0.1, 0.15) is 5.82 Å². The molecule has 208 valence electrons.